The zero-order chi connectivity index (χ0) is 23.1. The smallest absolute Gasteiger partial charge is 0.222 e. The number of aliphatic imine (C=N–C) groups is 1. The third kappa shape index (κ3) is 7.46. The normalized spacial score (nSPS) is 15.3. The van der Waals surface area contributed by atoms with Crippen LogP contribution < -0.4 is 10.6 Å². The van der Waals surface area contributed by atoms with Gasteiger partial charge in [0.15, 0.2) is 5.96 Å². The predicted molar refractivity (Wildman–Crippen MR) is 142 cm³/mol. The van der Waals surface area contributed by atoms with Crippen LogP contribution in [-0.2, 0) is 23.4 Å². The molecule has 1 atom stereocenters. The number of nitrogens with zero attached hydrogens (tertiary/aromatic N) is 2. The van der Waals surface area contributed by atoms with Crippen LogP contribution in [0.25, 0.3) is 0 Å². The number of guanidine groups is 1. The van der Waals surface area contributed by atoms with Gasteiger partial charge in [-0.3, -0.25) is 4.79 Å². The van der Waals surface area contributed by atoms with Gasteiger partial charge in [0.25, 0.3) is 0 Å². The molecular weight excluding hydrogens is 531 g/mol. The molecule has 7 nitrogen and oxygen atoms in total. The number of furan rings is 1. The minimum Gasteiger partial charge on any atom is -0.466 e. The van der Waals surface area contributed by atoms with Gasteiger partial charge in [-0.25, -0.2) is 4.99 Å². The molecular formula is C25H37IN4O3. The van der Waals surface area contributed by atoms with Gasteiger partial charge in [0.05, 0.1) is 6.54 Å². The molecule has 0 saturated carbocycles. The molecule has 0 fully saturated rings. The first-order valence-electron chi connectivity index (χ1n) is 11.5. The standard InChI is InChI=1S/C25H36N4O3.HI/c1-5-26-24(28-17-25(4,31)22-15-18(2)32-19(22)3)27-13-8-11-23(30)29-14-12-20-9-6-7-10-21(20)16-29;/h6-7,9-10,15,31H,5,8,11-14,16-17H2,1-4H3,(H2,26,27,28);1H. The third-order valence-electron chi connectivity index (χ3n) is 5.85. The van der Waals surface area contributed by atoms with Crippen molar-refractivity contribution in [3.63, 3.8) is 0 Å². The van der Waals surface area contributed by atoms with Gasteiger partial charge in [0.2, 0.25) is 5.91 Å². The molecule has 0 radical (unpaired) electrons. The van der Waals surface area contributed by atoms with Gasteiger partial charge >= 0.3 is 0 Å². The second-order valence-corrected chi connectivity index (χ2v) is 8.66. The van der Waals surface area contributed by atoms with Crippen LogP contribution in [0.5, 0.6) is 0 Å². The van der Waals surface area contributed by atoms with E-state index < -0.39 is 5.60 Å². The number of hydrogen-bond acceptors (Lipinski definition) is 4. The molecule has 1 unspecified atom stereocenters. The summed E-state index contributed by atoms with van der Waals surface area (Å²) in [6.07, 6.45) is 2.14. The molecule has 0 saturated heterocycles. The SMILES string of the molecule is CCNC(=NCC(C)(O)c1cc(C)oc1C)NCCCC(=O)N1CCc2ccccc2C1.I. The van der Waals surface area contributed by atoms with Gasteiger partial charge in [-0.05, 0) is 57.7 Å². The van der Waals surface area contributed by atoms with E-state index in [0.29, 0.717) is 37.8 Å². The number of fused-ring (bicyclic) bond motifs is 1. The van der Waals surface area contributed by atoms with Crippen LogP contribution >= 0.6 is 24.0 Å². The Morgan fingerprint density at radius 3 is 2.64 bits per heavy atom. The number of benzene rings is 1. The molecule has 2 heterocycles. The highest BCUT2D eigenvalue weighted by Crippen LogP contribution is 2.27. The van der Waals surface area contributed by atoms with Gasteiger partial charge < -0.3 is 25.1 Å². The van der Waals surface area contributed by atoms with E-state index >= 15 is 0 Å². The van der Waals surface area contributed by atoms with E-state index in [9.17, 15) is 9.90 Å². The summed E-state index contributed by atoms with van der Waals surface area (Å²) in [5.41, 5.74) is 2.23. The average molecular weight is 569 g/mol. The highest BCUT2D eigenvalue weighted by Gasteiger charge is 2.27. The summed E-state index contributed by atoms with van der Waals surface area (Å²) < 4.78 is 5.55. The van der Waals surface area contributed by atoms with Crippen molar-refractivity contribution in [3.8, 4) is 0 Å². The molecule has 2 aromatic rings. The lowest BCUT2D eigenvalue weighted by Crippen LogP contribution is -2.40. The topological polar surface area (TPSA) is 90.1 Å². The van der Waals surface area contributed by atoms with Crippen LogP contribution in [0.3, 0.4) is 0 Å². The lowest BCUT2D eigenvalue weighted by atomic mass is 9.96. The minimum atomic E-state index is -1.12. The van der Waals surface area contributed by atoms with Crippen molar-refractivity contribution in [2.24, 2.45) is 4.99 Å². The van der Waals surface area contributed by atoms with Crippen molar-refractivity contribution < 1.29 is 14.3 Å². The Balaban J connectivity index is 0.00000385. The van der Waals surface area contributed by atoms with Gasteiger partial charge in [0, 0.05) is 38.2 Å². The molecule has 8 heteroatoms. The van der Waals surface area contributed by atoms with Gasteiger partial charge in [-0.15, -0.1) is 24.0 Å². The number of rotatable bonds is 8. The Morgan fingerprint density at radius 1 is 1.24 bits per heavy atom. The number of hydrogen-bond donors (Lipinski definition) is 3. The summed E-state index contributed by atoms with van der Waals surface area (Å²) in [7, 11) is 0. The third-order valence-corrected chi connectivity index (χ3v) is 5.85. The van der Waals surface area contributed by atoms with Gasteiger partial charge in [-0.1, -0.05) is 24.3 Å². The van der Waals surface area contributed by atoms with E-state index in [0.717, 1.165) is 30.7 Å². The molecule has 1 aromatic heterocycles. The Hall–Kier alpha value is -2.07. The first kappa shape index (κ1) is 27.2. The van der Waals surface area contributed by atoms with Crippen molar-refractivity contribution in [3.05, 3.63) is 58.5 Å². The quantitative estimate of drug-likeness (QED) is 0.196. The predicted octanol–water partition coefficient (Wildman–Crippen LogP) is 3.64. The zero-order valence-electron chi connectivity index (χ0n) is 20.1. The Morgan fingerprint density at radius 2 is 1.97 bits per heavy atom. The van der Waals surface area contributed by atoms with Crippen molar-refractivity contribution >= 4 is 35.8 Å². The maximum Gasteiger partial charge on any atom is 0.222 e. The lowest BCUT2D eigenvalue weighted by molar-refractivity contribution is -0.132. The van der Waals surface area contributed by atoms with Crippen molar-refractivity contribution in [2.75, 3.05) is 26.2 Å². The van der Waals surface area contributed by atoms with E-state index in [-0.39, 0.29) is 36.4 Å². The van der Waals surface area contributed by atoms with Crippen LogP contribution in [0.1, 0.15) is 54.9 Å². The molecule has 33 heavy (non-hydrogen) atoms. The van der Waals surface area contributed by atoms with Crippen molar-refractivity contribution in [1.29, 1.82) is 0 Å². The number of carbonyl (C=O) groups excluding carboxylic acids is 1. The number of carbonyl (C=O) groups is 1. The number of aliphatic hydroxyl groups is 1. The highest BCUT2D eigenvalue weighted by molar-refractivity contribution is 14.0. The molecule has 1 aliphatic heterocycles. The molecule has 0 aliphatic carbocycles. The molecule has 3 rings (SSSR count). The molecule has 0 bridgehead atoms. The summed E-state index contributed by atoms with van der Waals surface area (Å²) in [4.78, 5) is 19.1. The molecule has 1 aliphatic rings. The molecule has 1 amide bonds. The van der Waals surface area contributed by atoms with E-state index in [4.69, 9.17) is 4.42 Å². The van der Waals surface area contributed by atoms with Crippen LogP contribution in [0.15, 0.2) is 39.7 Å². The second kappa shape index (κ2) is 12.4. The average Bonchev–Trinajstić information content (AvgIpc) is 3.13. The van der Waals surface area contributed by atoms with Crippen molar-refractivity contribution in [1.82, 2.24) is 15.5 Å². The van der Waals surface area contributed by atoms with Crippen LogP contribution in [-0.4, -0.2) is 48.1 Å². The molecule has 0 spiro atoms. The van der Waals surface area contributed by atoms with E-state index in [1.54, 1.807) is 6.92 Å². The minimum absolute atomic E-state index is 0. The summed E-state index contributed by atoms with van der Waals surface area (Å²) in [6, 6.07) is 10.2. The van der Waals surface area contributed by atoms with Crippen molar-refractivity contribution in [2.45, 2.75) is 59.1 Å². The maximum absolute atomic E-state index is 12.6. The zero-order valence-corrected chi connectivity index (χ0v) is 22.4. The highest BCUT2D eigenvalue weighted by atomic mass is 127. The van der Waals surface area contributed by atoms with E-state index in [2.05, 4.69) is 33.8 Å². The summed E-state index contributed by atoms with van der Waals surface area (Å²) >= 11 is 0. The van der Waals surface area contributed by atoms with E-state index in [1.807, 2.05) is 37.8 Å². The molecule has 3 N–H and O–H groups in total. The summed E-state index contributed by atoms with van der Waals surface area (Å²) in [5.74, 6) is 2.30. The van der Waals surface area contributed by atoms with Gasteiger partial charge in [0.1, 0.15) is 17.1 Å². The monoisotopic (exact) mass is 568 g/mol. The Labute approximate surface area is 214 Å². The second-order valence-electron chi connectivity index (χ2n) is 8.66. The number of halogens is 1. The summed E-state index contributed by atoms with van der Waals surface area (Å²) in [5, 5.41) is 17.4. The van der Waals surface area contributed by atoms with Crippen LogP contribution in [0.4, 0.5) is 0 Å². The maximum atomic E-state index is 12.6. The molecule has 1 aromatic carbocycles. The first-order valence-corrected chi connectivity index (χ1v) is 11.5. The van der Waals surface area contributed by atoms with Gasteiger partial charge in [-0.2, -0.15) is 0 Å². The molecule has 182 valence electrons. The number of aryl methyl sites for hydroxylation is 2. The fraction of sp³-hybridized carbons (Fsp3) is 0.520. The van der Waals surface area contributed by atoms with Crippen LogP contribution in [0.2, 0.25) is 0 Å². The van der Waals surface area contributed by atoms with Crippen LogP contribution in [0, 0.1) is 13.8 Å². The fourth-order valence-electron chi connectivity index (χ4n) is 4.14. The summed E-state index contributed by atoms with van der Waals surface area (Å²) in [6.45, 7) is 10.5. The Kier molecular flexibility index (Phi) is 10.2. The first-order chi connectivity index (χ1) is 15.3. The lowest BCUT2D eigenvalue weighted by Gasteiger charge is -2.29. The van der Waals surface area contributed by atoms with E-state index in [1.165, 1.54) is 11.1 Å². The Bertz CT molecular complexity index is 955. The number of nitrogens with one attached hydrogen (secondary N) is 2. The number of amides is 1. The largest absolute Gasteiger partial charge is 0.466 e. The fourth-order valence-corrected chi connectivity index (χ4v) is 4.14.